The molecule has 5 rings (SSSR count). The third kappa shape index (κ3) is 6.20. The molecule has 0 bridgehead atoms. The van der Waals surface area contributed by atoms with Crippen molar-refractivity contribution >= 4 is 75.1 Å². The molecule has 0 spiro atoms. The van der Waals surface area contributed by atoms with Gasteiger partial charge in [0.05, 0.1) is 7.05 Å². The SMILES string of the molecule is CO/N=C(\C(=O)N[C@@H]1C(=O)N2C(C(=O)O)=C(CSc3cc[n+](N(C)C(=O)c4ccc(N)cc4)cc3)CS[C@H]12)c1csc(N)n1. The van der Waals surface area contributed by atoms with E-state index in [1.807, 2.05) is 12.1 Å². The van der Waals surface area contributed by atoms with Crippen LogP contribution in [-0.2, 0) is 19.2 Å². The quantitative estimate of drug-likeness (QED) is 0.0604. The molecule has 2 aliphatic rings. The van der Waals surface area contributed by atoms with Gasteiger partial charge in [0.2, 0.25) is 12.4 Å². The number of nitrogen functional groups attached to an aromatic ring is 2. The molecule has 0 aliphatic carbocycles. The fourth-order valence-corrected chi connectivity index (χ4v) is 7.40. The molecule has 3 amide bonds. The zero-order valence-electron chi connectivity index (χ0n) is 23.4. The second-order valence-electron chi connectivity index (χ2n) is 9.47. The van der Waals surface area contributed by atoms with Gasteiger partial charge >= 0.3 is 11.9 Å². The highest BCUT2D eigenvalue weighted by Gasteiger charge is 2.54. The molecule has 4 heterocycles. The monoisotopic (exact) mass is 655 g/mol. The number of amides is 3. The van der Waals surface area contributed by atoms with E-state index >= 15 is 0 Å². The normalized spacial score (nSPS) is 17.9. The number of nitrogens with zero attached hydrogens (tertiary/aromatic N) is 5. The number of thioether (sulfide) groups is 2. The van der Waals surface area contributed by atoms with E-state index in [2.05, 4.69) is 15.5 Å². The topological polar surface area (TPSA) is 197 Å². The van der Waals surface area contributed by atoms with Gasteiger partial charge in [0, 0.05) is 45.2 Å². The molecule has 0 radical (unpaired) electrons. The summed E-state index contributed by atoms with van der Waals surface area (Å²) in [5, 5.41) is 19.0. The summed E-state index contributed by atoms with van der Waals surface area (Å²) >= 11 is 3.88. The molecule has 2 atom stereocenters. The van der Waals surface area contributed by atoms with Crippen molar-refractivity contribution in [2.45, 2.75) is 16.3 Å². The van der Waals surface area contributed by atoms with Gasteiger partial charge in [0.15, 0.2) is 10.8 Å². The number of carbonyl (C=O) groups excluding carboxylic acids is 3. The number of nitrogens with two attached hydrogens (primary N) is 2. The molecule has 6 N–H and O–H groups in total. The number of thiazole rings is 1. The minimum absolute atomic E-state index is 0.0883. The van der Waals surface area contributed by atoms with Gasteiger partial charge < -0.3 is 26.7 Å². The number of aromatic nitrogens is 2. The first kappa shape index (κ1) is 30.8. The van der Waals surface area contributed by atoms with Crippen molar-refractivity contribution in [2.24, 2.45) is 5.16 Å². The van der Waals surface area contributed by atoms with E-state index in [1.54, 1.807) is 48.4 Å². The first-order chi connectivity index (χ1) is 21.1. The molecule has 1 fully saturated rings. The Morgan fingerprint density at radius 1 is 1.23 bits per heavy atom. The number of hydrogen-bond donors (Lipinski definition) is 4. The molecule has 44 heavy (non-hydrogen) atoms. The number of fused-ring (bicyclic) bond motifs is 1. The number of β-lactam (4-membered cyclic amide) rings is 1. The van der Waals surface area contributed by atoms with Crippen LogP contribution in [0.25, 0.3) is 0 Å². The van der Waals surface area contributed by atoms with E-state index in [4.69, 9.17) is 16.3 Å². The lowest BCUT2D eigenvalue weighted by Gasteiger charge is -2.49. The summed E-state index contributed by atoms with van der Waals surface area (Å²) in [4.78, 5) is 62.0. The molecule has 1 saturated heterocycles. The Kier molecular flexibility index (Phi) is 9.07. The van der Waals surface area contributed by atoms with Crippen molar-refractivity contribution in [3.05, 3.63) is 76.7 Å². The number of hydrogen-bond acceptors (Lipinski definition) is 12. The van der Waals surface area contributed by atoms with Crippen LogP contribution in [0.1, 0.15) is 16.1 Å². The van der Waals surface area contributed by atoms with Crippen molar-refractivity contribution in [3.63, 3.8) is 0 Å². The Bertz CT molecular complexity index is 1680. The number of carboxylic acid groups (broad SMARTS) is 1. The molecule has 2 aromatic heterocycles. The smallest absolute Gasteiger partial charge is 0.352 e. The first-order valence-electron chi connectivity index (χ1n) is 12.9. The Morgan fingerprint density at radius 2 is 1.93 bits per heavy atom. The molecule has 14 nitrogen and oxygen atoms in total. The van der Waals surface area contributed by atoms with Gasteiger partial charge in [0.25, 0.3) is 11.8 Å². The average molecular weight is 656 g/mol. The van der Waals surface area contributed by atoms with Crippen molar-refractivity contribution in [1.82, 2.24) is 15.2 Å². The predicted molar refractivity (Wildman–Crippen MR) is 166 cm³/mol. The second kappa shape index (κ2) is 12.9. The number of benzene rings is 1. The summed E-state index contributed by atoms with van der Waals surface area (Å²) in [6.45, 7) is 0. The van der Waals surface area contributed by atoms with E-state index in [0.29, 0.717) is 28.3 Å². The molecule has 17 heteroatoms. The fraction of sp³-hybridized carbons (Fsp3) is 0.222. The van der Waals surface area contributed by atoms with E-state index in [0.717, 1.165) is 16.2 Å². The number of nitrogens with one attached hydrogen (secondary N) is 1. The standard InChI is InChI=1S/C27H26N8O6S3/c1-33(23(37)14-3-5-16(28)6-4-14)34-9-7-17(8-10-34)42-11-15-12-43-25-20(24(38)35(25)21(15)26(39)40)31-22(36)19(32-41-2)18-13-44-27(29)30-18/h3-10,13,20,25H,11-12H2,1-2H3,(H5-,28,29,30,31,36,37,39,40)/p+1/b32-19-/t20-,25-/m1/s1. The summed E-state index contributed by atoms with van der Waals surface area (Å²) in [5.41, 5.74) is 13.0. The maximum absolute atomic E-state index is 13.1. The van der Waals surface area contributed by atoms with Gasteiger partial charge in [-0.1, -0.05) is 9.83 Å². The highest BCUT2D eigenvalue weighted by Crippen LogP contribution is 2.41. The summed E-state index contributed by atoms with van der Waals surface area (Å²) < 4.78 is 1.63. The van der Waals surface area contributed by atoms with Gasteiger partial charge in [-0.2, -0.15) is 0 Å². The largest absolute Gasteiger partial charge is 0.477 e. The van der Waals surface area contributed by atoms with Gasteiger partial charge in [-0.3, -0.25) is 19.3 Å². The summed E-state index contributed by atoms with van der Waals surface area (Å²) in [7, 11) is 2.92. The van der Waals surface area contributed by atoms with Crippen LogP contribution in [0.3, 0.4) is 0 Å². The van der Waals surface area contributed by atoms with E-state index < -0.39 is 29.2 Å². The van der Waals surface area contributed by atoms with Crippen molar-refractivity contribution in [3.8, 4) is 0 Å². The second-order valence-corrected chi connectivity index (χ2v) is 12.5. The average Bonchev–Trinajstić information content (AvgIpc) is 3.46. The molecule has 1 aromatic carbocycles. The maximum atomic E-state index is 13.1. The van der Waals surface area contributed by atoms with Crippen molar-refractivity contribution in [2.75, 3.05) is 42.1 Å². The third-order valence-corrected chi connectivity index (χ3v) is 9.80. The number of oxime groups is 1. The fourth-order valence-electron chi connectivity index (χ4n) is 4.49. The third-order valence-electron chi connectivity index (χ3n) is 6.69. The Labute approximate surface area is 263 Å². The van der Waals surface area contributed by atoms with E-state index in [1.165, 1.54) is 45.9 Å². The molecule has 0 unspecified atom stereocenters. The number of anilines is 2. The molecular formula is C27H27N8O6S3+. The molecule has 0 saturated carbocycles. The van der Waals surface area contributed by atoms with Crippen LogP contribution in [0.15, 0.2) is 75.5 Å². The van der Waals surface area contributed by atoms with Crippen LogP contribution in [0.2, 0.25) is 0 Å². The van der Waals surface area contributed by atoms with Crippen LogP contribution in [-0.4, -0.2) is 81.5 Å². The van der Waals surface area contributed by atoms with Crippen LogP contribution in [0.4, 0.5) is 10.8 Å². The Hall–Kier alpha value is -4.61. The molecule has 2 aliphatic heterocycles. The lowest BCUT2D eigenvalue weighted by atomic mass is 10.0. The minimum Gasteiger partial charge on any atom is -0.477 e. The highest BCUT2D eigenvalue weighted by atomic mass is 32.2. The van der Waals surface area contributed by atoms with Gasteiger partial charge in [-0.05, 0) is 29.8 Å². The van der Waals surface area contributed by atoms with Crippen molar-refractivity contribution in [1.29, 1.82) is 0 Å². The molecule has 228 valence electrons. The predicted octanol–water partition coefficient (Wildman–Crippen LogP) is 0.885. The van der Waals surface area contributed by atoms with Gasteiger partial charge in [-0.25, -0.2) is 9.78 Å². The number of rotatable bonds is 10. The zero-order chi connectivity index (χ0) is 31.5. The Balaban J connectivity index is 1.23. The summed E-state index contributed by atoms with van der Waals surface area (Å²) in [6.07, 6.45) is 3.45. The van der Waals surface area contributed by atoms with E-state index in [9.17, 15) is 24.3 Å². The molecule has 3 aromatic rings. The van der Waals surface area contributed by atoms with Crippen LogP contribution >= 0.6 is 34.9 Å². The maximum Gasteiger partial charge on any atom is 0.352 e. The summed E-state index contributed by atoms with van der Waals surface area (Å²) in [6, 6.07) is 9.31. The first-order valence-corrected chi connectivity index (χ1v) is 15.8. The summed E-state index contributed by atoms with van der Waals surface area (Å²) in [5.74, 6) is -2.01. The zero-order valence-corrected chi connectivity index (χ0v) is 25.8. The minimum atomic E-state index is -1.22. The Morgan fingerprint density at radius 3 is 2.55 bits per heavy atom. The van der Waals surface area contributed by atoms with E-state index in [-0.39, 0.29) is 28.1 Å². The van der Waals surface area contributed by atoms with Gasteiger partial charge in [0.1, 0.15) is 29.9 Å². The highest BCUT2D eigenvalue weighted by molar-refractivity contribution is 8.01. The lowest BCUT2D eigenvalue weighted by molar-refractivity contribution is -0.679. The van der Waals surface area contributed by atoms with Crippen LogP contribution in [0, 0.1) is 0 Å². The number of carbonyl (C=O) groups is 4. The lowest BCUT2D eigenvalue weighted by Crippen LogP contribution is -2.71. The number of pyridine rings is 1. The van der Waals surface area contributed by atoms with Gasteiger partial charge in [-0.15, -0.1) is 39.9 Å². The van der Waals surface area contributed by atoms with Crippen LogP contribution < -0.4 is 26.5 Å². The number of carboxylic acids is 1. The number of aliphatic carboxylic acids is 1. The van der Waals surface area contributed by atoms with Crippen molar-refractivity contribution < 1.29 is 33.8 Å². The van der Waals surface area contributed by atoms with Crippen LogP contribution in [0.5, 0.6) is 0 Å². The molecular weight excluding hydrogens is 629 g/mol.